The Balaban J connectivity index is 0.00000484. The average molecular weight is 771 g/mol. The third-order valence-electron chi connectivity index (χ3n) is 5.21. The van der Waals surface area contributed by atoms with E-state index < -0.39 is 20.2 Å². The number of rotatable bonds is 10. The molecule has 228 valence electrons. The molecule has 0 fully saturated rings. The summed E-state index contributed by atoms with van der Waals surface area (Å²) in [6.45, 7) is 5.10. The van der Waals surface area contributed by atoms with Gasteiger partial charge in [0.2, 0.25) is 5.95 Å². The number of nitrogens with zero attached hydrogens (tertiary/aromatic N) is 6. The summed E-state index contributed by atoms with van der Waals surface area (Å²) >= 11 is 0. The second-order valence-corrected chi connectivity index (χ2v) is 11.8. The Labute approximate surface area is 282 Å². The van der Waals surface area contributed by atoms with Gasteiger partial charge in [0, 0.05) is 82.1 Å². The van der Waals surface area contributed by atoms with Crippen LogP contribution in [0.15, 0.2) is 41.3 Å². The van der Waals surface area contributed by atoms with Crippen LogP contribution in [-0.4, -0.2) is 60.1 Å². The zero-order chi connectivity index (χ0) is 29.8. The van der Waals surface area contributed by atoms with E-state index in [1.807, 2.05) is 0 Å². The maximum Gasteiger partial charge on any atom is 0.306 e. The van der Waals surface area contributed by atoms with Gasteiger partial charge >= 0.3 is 10.1 Å². The molecule has 0 unspecified atom stereocenters. The molecule has 0 saturated heterocycles. The Morgan fingerprint density at radius 2 is 1.33 bits per heavy atom. The number of hydrogen-bond acceptors (Lipinski definition) is 14. The topological polar surface area (TPSA) is 188 Å². The molecular weight excluding hydrogens is 745 g/mol. The largest absolute Gasteiger partial charge is 0.382 e. The van der Waals surface area contributed by atoms with Gasteiger partial charge in [0.15, 0.2) is 5.75 Å². The second kappa shape index (κ2) is 14.0. The normalized spacial score (nSPS) is 11.6. The van der Waals surface area contributed by atoms with Gasteiger partial charge in [-0.05, 0) is 43.7 Å². The molecule has 0 radical (unpaired) electrons. The van der Waals surface area contributed by atoms with Crippen LogP contribution in [0.1, 0.15) is 28.6 Å². The monoisotopic (exact) mass is 771 g/mol. The Morgan fingerprint density at radius 3 is 1.95 bits per heavy atom. The van der Waals surface area contributed by atoms with E-state index in [1.165, 1.54) is 24.3 Å². The van der Waals surface area contributed by atoms with Crippen LogP contribution in [0.25, 0.3) is 12.2 Å². The molecule has 0 saturated carbocycles. The smallest absolute Gasteiger partial charge is 0.306 e. The maximum atomic E-state index is 12.8. The van der Waals surface area contributed by atoms with Gasteiger partial charge in [0.05, 0.1) is 13.4 Å². The first-order valence-electron chi connectivity index (χ1n) is 11.8. The van der Waals surface area contributed by atoms with Crippen LogP contribution in [0, 0.1) is 74.0 Å². The number of hydrogen-bond donors (Lipinski definition) is 2. The van der Waals surface area contributed by atoms with Crippen molar-refractivity contribution < 1.29 is 72.1 Å². The van der Waals surface area contributed by atoms with Crippen molar-refractivity contribution in [2.75, 3.05) is 24.0 Å². The number of aryl methyl sites for hydroxylation is 3. The van der Waals surface area contributed by atoms with Crippen LogP contribution in [-0.2, 0) is 24.4 Å². The molecule has 17 heteroatoms. The second-order valence-electron chi connectivity index (χ2n) is 8.56. The first kappa shape index (κ1) is 33.5. The van der Waals surface area contributed by atoms with E-state index >= 15 is 0 Å². The quantitative estimate of drug-likeness (QED) is 0.136. The SMILES string of the molecule is COS(=O)(=O)c1cc(Nc2nc(C)nc(C)n2)ccc1/C=C/c1ccc(Nc2n[c-]nc(C)n2)cc1OS(C)(=O)=O.[Yb]. The Hall–Kier alpha value is -3.02. The fourth-order valence-electron chi connectivity index (χ4n) is 3.55. The molecule has 0 aliphatic carbocycles. The zero-order valence-electron chi connectivity index (χ0n) is 22.8. The average Bonchev–Trinajstić information content (AvgIpc) is 2.87. The summed E-state index contributed by atoms with van der Waals surface area (Å²) < 4.78 is 59.5. The van der Waals surface area contributed by atoms with Crippen molar-refractivity contribution in [3.63, 3.8) is 0 Å². The van der Waals surface area contributed by atoms with Crippen LogP contribution in [0.4, 0.5) is 23.3 Å². The van der Waals surface area contributed by atoms with E-state index in [-0.39, 0.29) is 75.0 Å². The van der Waals surface area contributed by atoms with E-state index in [0.717, 1.165) is 13.4 Å². The molecule has 2 N–H and O–H groups in total. The molecule has 4 rings (SSSR count). The Bertz CT molecular complexity index is 1830. The first-order chi connectivity index (χ1) is 19.3. The molecule has 14 nitrogen and oxygen atoms in total. The summed E-state index contributed by atoms with van der Waals surface area (Å²) in [4.78, 5) is 24.2. The van der Waals surface area contributed by atoms with Gasteiger partial charge in [-0.3, -0.25) is 4.18 Å². The fourth-order valence-corrected chi connectivity index (χ4v) is 4.90. The predicted molar refractivity (Wildman–Crippen MR) is 151 cm³/mol. The van der Waals surface area contributed by atoms with E-state index in [0.29, 0.717) is 34.4 Å². The standard InChI is InChI=1S/C25H25N8O6S2.Yb/c1-15-26-14-27-24(29-15)32-20-10-8-18(22(12-20)39-40(5,34)35)6-7-19-9-11-21(13-23(19)41(36,37)38-4)33-25-30-16(2)28-17(3)31-25;/h6-13H,1-5H3,(H,26,27,29,32)(H,28,30,31,33);/q-1;/b7-6+;. The molecular formula is C25H25N8O6S2Yb-. The van der Waals surface area contributed by atoms with Gasteiger partial charge in [0.25, 0.3) is 10.1 Å². The molecule has 0 spiro atoms. The summed E-state index contributed by atoms with van der Waals surface area (Å²) in [5.74, 6) is 1.88. The molecule has 0 atom stereocenters. The van der Waals surface area contributed by atoms with Crippen molar-refractivity contribution in [3.8, 4) is 5.75 Å². The van der Waals surface area contributed by atoms with Crippen molar-refractivity contribution in [2.45, 2.75) is 25.7 Å². The number of benzene rings is 2. The Kier molecular flexibility index (Phi) is 11.1. The molecule has 2 aromatic heterocycles. The van der Waals surface area contributed by atoms with Crippen molar-refractivity contribution in [2.24, 2.45) is 0 Å². The zero-order valence-corrected chi connectivity index (χ0v) is 26.2. The van der Waals surface area contributed by atoms with Gasteiger partial charge < -0.3 is 29.8 Å². The van der Waals surface area contributed by atoms with Crippen molar-refractivity contribution in [3.05, 3.63) is 71.3 Å². The molecule has 42 heavy (non-hydrogen) atoms. The van der Waals surface area contributed by atoms with Crippen molar-refractivity contribution >= 4 is 55.7 Å². The summed E-state index contributed by atoms with van der Waals surface area (Å²) in [6, 6.07) is 9.24. The van der Waals surface area contributed by atoms with Crippen LogP contribution in [0.3, 0.4) is 0 Å². The van der Waals surface area contributed by atoms with E-state index in [2.05, 4.69) is 46.9 Å². The molecule has 0 bridgehead atoms. The molecule has 0 aliphatic rings. The van der Waals surface area contributed by atoms with Gasteiger partial charge in [-0.1, -0.05) is 25.1 Å². The minimum atomic E-state index is -4.15. The van der Waals surface area contributed by atoms with Gasteiger partial charge in [-0.15, -0.1) is 0 Å². The van der Waals surface area contributed by atoms with E-state index in [1.54, 1.807) is 45.0 Å². The van der Waals surface area contributed by atoms with Gasteiger partial charge in [-0.2, -0.15) is 26.8 Å². The van der Waals surface area contributed by atoms with Crippen LogP contribution < -0.4 is 14.8 Å². The molecule has 0 amide bonds. The molecule has 2 aromatic carbocycles. The minimum absolute atomic E-state index is 0. The third kappa shape index (κ3) is 9.24. The van der Waals surface area contributed by atoms with Gasteiger partial charge in [-0.25, -0.2) is 4.98 Å². The Morgan fingerprint density at radius 1 is 0.762 bits per heavy atom. The third-order valence-corrected chi connectivity index (χ3v) is 7.02. The van der Waals surface area contributed by atoms with Gasteiger partial charge in [0.1, 0.15) is 22.5 Å². The van der Waals surface area contributed by atoms with E-state index in [4.69, 9.17) is 8.37 Å². The summed E-state index contributed by atoms with van der Waals surface area (Å²) in [6.07, 6.45) is 6.38. The minimum Gasteiger partial charge on any atom is -0.382 e. The summed E-state index contributed by atoms with van der Waals surface area (Å²) in [7, 11) is -7.00. The fraction of sp³-hybridized carbons (Fsp3) is 0.200. The van der Waals surface area contributed by atoms with Crippen molar-refractivity contribution in [1.29, 1.82) is 0 Å². The van der Waals surface area contributed by atoms with Crippen LogP contribution in [0.5, 0.6) is 5.75 Å². The molecule has 2 heterocycles. The maximum absolute atomic E-state index is 12.8. The number of nitrogens with one attached hydrogen (secondary N) is 2. The van der Waals surface area contributed by atoms with Crippen molar-refractivity contribution in [1.82, 2.24) is 29.9 Å². The van der Waals surface area contributed by atoms with Crippen LogP contribution >= 0.6 is 0 Å². The summed E-state index contributed by atoms with van der Waals surface area (Å²) in [5, 5.41) is 5.90. The predicted octanol–water partition coefficient (Wildman–Crippen LogP) is 3.11. The molecule has 0 aliphatic heterocycles. The van der Waals surface area contributed by atoms with E-state index in [9.17, 15) is 16.8 Å². The number of anilines is 4. The number of aromatic nitrogens is 6. The molecule has 4 aromatic rings. The summed E-state index contributed by atoms with van der Waals surface area (Å²) in [5.41, 5.74) is 1.44. The van der Waals surface area contributed by atoms with Crippen LogP contribution in [0.2, 0.25) is 0 Å². The first-order valence-corrected chi connectivity index (χ1v) is 15.0.